The summed E-state index contributed by atoms with van der Waals surface area (Å²) in [6.45, 7) is 17.0. The normalized spacial score (nSPS) is 12.0. The molecule has 0 unspecified atom stereocenters. The molecule has 0 bridgehead atoms. The second kappa shape index (κ2) is 13.6. The molecule has 0 fully saturated rings. The third-order valence-corrected chi connectivity index (χ3v) is 3.07. The maximum Gasteiger partial charge on any atom is 0.0605 e. The molecule has 0 radical (unpaired) electrons. The molecule has 0 N–H and O–H groups in total. The molecule has 130 valence electrons. The highest BCUT2D eigenvalue weighted by molar-refractivity contribution is 4.68. The third-order valence-electron chi connectivity index (χ3n) is 3.07. The zero-order valence-electron chi connectivity index (χ0n) is 16.5. The van der Waals surface area contributed by atoms with Crippen LogP contribution in [0.1, 0.15) is 120 Å². The summed E-state index contributed by atoms with van der Waals surface area (Å²) in [5.41, 5.74) is -0.0312. The molecule has 0 saturated carbocycles. The van der Waals surface area contributed by atoms with E-state index in [4.69, 9.17) is 4.74 Å². The Morgan fingerprint density at radius 2 is 0.714 bits per heavy atom. The summed E-state index contributed by atoms with van der Waals surface area (Å²) in [5.74, 6) is 0. The van der Waals surface area contributed by atoms with Gasteiger partial charge in [-0.3, -0.25) is 0 Å². The van der Waals surface area contributed by atoms with Crippen molar-refractivity contribution in [2.24, 2.45) is 0 Å². The smallest absolute Gasteiger partial charge is 0.0605 e. The second-order valence-electron chi connectivity index (χ2n) is 8.16. The molecular formula is C20H44O. The fourth-order valence-corrected chi connectivity index (χ4v) is 2.48. The Hall–Kier alpha value is -0.0400. The summed E-state index contributed by atoms with van der Waals surface area (Å²) in [6.07, 6.45) is 14.4. The fraction of sp³-hybridized carbons (Fsp3) is 1.00. The molecule has 0 aliphatic carbocycles. The molecule has 0 atom stereocenters. The first kappa shape index (κ1) is 23.2. The lowest BCUT2D eigenvalue weighted by molar-refractivity contribution is -0.102. The van der Waals surface area contributed by atoms with Crippen molar-refractivity contribution in [2.45, 2.75) is 131 Å². The summed E-state index contributed by atoms with van der Waals surface area (Å²) >= 11 is 0. The van der Waals surface area contributed by atoms with Crippen LogP contribution in [0, 0.1) is 0 Å². The van der Waals surface area contributed by atoms with Crippen molar-refractivity contribution in [1.82, 2.24) is 0 Å². The zero-order chi connectivity index (χ0) is 16.8. The topological polar surface area (TPSA) is 9.23 Å². The van der Waals surface area contributed by atoms with E-state index < -0.39 is 0 Å². The number of hydrogen-bond acceptors (Lipinski definition) is 1. The Labute approximate surface area is 136 Å². The van der Waals surface area contributed by atoms with Crippen LogP contribution in [-0.4, -0.2) is 11.2 Å². The molecule has 0 aromatic heterocycles. The van der Waals surface area contributed by atoms with Gasteiger partial charge in [-0.2, -0.15) is 0 Å². The van der Waals surface area contributed by atoms with Crippen LogP contribution in [0.5, 0.6) is 0 Å². The maximum atomic E-state index is 5.62. The summed E-state index contributed by atoms with van der Waals surface area (Å²) in [5, 5.41) is 0. The summed E-state index contributed by atoms with van der Waals surface area (Å²) < 4.78 is 5.62. The van der Waals surface area contributed by atoms with E-state index in [1.54, 1.807) is 0 Å². The van der Waals surface area contributed by atoms with Crippen LogP contribution in [0.3, 0.4) is 0 Å². The van der Waals surface area contributed by atoms with Crippen molar-refractivity contribution < 1.29 is 4.74 Å². The maximum absolute atomic E-state index is 5.62. The molecule has 0 aromatic rings. The first-order valence-corrected chi connectivity index (χ1v) is 9.32. The highest BCUT2D eigenvalue weighted by atomic mass is 16.5. The second-order valence-corrected chi connectivity index (χ2v) is 8.16. The van der Waals surface area contributed by atoms with Gasteiger partial charge in [0.2, 0.25) is 0 Å². The monoisotopic (exact) mass is 300 g/mol. The molecule has 21 heavy (non-hydrogen) atoms. The van der Waals surface area contributed by atoms with Crippen molar-refractivity contribution in [3.05, 3.63) is 0 Å². The van der Waals surface area contributed by atoms with Gasteiger partial charge in [0.1, 0.15) is 0 Å². The predicted octanol–water partition coefficient (Wildman–Crippen LogP) is 7.53. The van der Waals surface area contributed by atoms with E-state index in [2.05, 4.69) is 55.4 Å². The Kier molecular flexibility index (Phi) is 15.1. The molecule has 1 nitrogen and oxygen atoms in total. The summed E-state index contributed by atoms with van der Waals surface area (Å²) in [6, 6.07) is 0. The Balaban J connectivity index is 0. The molecule has 0 aliphatic rings. The van der Waals surface area contributed by atoms with Gasteiger partial charge in [0.25, 0.3) is 0 Å². The SMILES string of the molecule is CC(C)(C)OC(C)(C)C.CCCCCCCCCCCC. The van der Waals surface area contributed by atoms with Gasteiger partial charge in [0.05, 0.1) is 11.2 Å². The van der Waals surface area contributed by atoms with Crippen molar-refractivity contribution in [2.75, 3.05) is 0 Å². The van der Waals surface area contributed by atoms with Gasteiger partial charge in [-0.15, -0.1) is 0 Å². The molecule has 0 saturated heterocycles. The van der Waals surface area contributed by atoms with E-state index in [0.29, 0.717) is 0 Å². The molecule has 0 spiro atoms. The van der Waals surface area contributed by atoms with E-state index in [1.807, 2.05) is 0 Å². The van der Waals surface area contributed by atoms with E-state index in [0.717, 1.165) is 0 Å². The zero-order valence-corrected chi connectivity index (χ0v) is 16.5. The van der Waals surface area contributed by atoms with Gasteiger partial charge in [0.15, 0.2) is 0 Å². The minimum absolute atomic E-state index is 0.0156. The third kappa shape index (κ3) is 28.8. The number of unbranched alkanes of at least 4 members (excludes halogenated alkanes) is 9. The molecule has 0 heterocycles. The predicted molar refractivity (Wildman–Crippen MR) is 98.1 cm³/mol. The fourth-order valence-electron chi connectivity index (χ4n) is 2.48. The van der Waals surface area contributed by atoms with Gasteiger partial charge in [0, 0.05) is 0 Å². The van der Waals surface area contributed by atoms with Crippen LogP contribution < -0.4 is 0 Å². The first-order valence-electron chi connectivity index (χ1n) is 9.32. The standard InChI is InChI=1S/C12H26.C8H18O/c1-3-5-7-9-11-12-10-8-6-4-2;1-7(2,3)9-8(4,5)6/h3-12H2,1-2H3;1-6H3. The van der Waals surface area contributed by atoms with Crippen molar-refractivity contribution in [1.29, 1.82) is 0 Å². The van der Waals surface area contributed by atoms with E-state index in [9.17, 15) is 0 Å². The lowest BCUT2D eigenvalue weighted by atomic mass is 10.1. The van der Waals surface area contributed by atoms with E-state index >= 15 is 0 Å². The lowest BCUT2D eigenvalue weighted by Crippen LogP contribution is -2.31. The van der Waals surface area contributed by atoms with E-state index in [-0.39, 0.29) is 11.2 Å². The number of ether oxygens (including phenoxy) is 1. The lowest BCUT2D eigenvalue weighted by Gasteiger charge is -2.30. The van der Waals surface area contributed by atoms with Crippen LogP contribution in [0.15, 0.2) is 0 Å². The molecule has 0 aliphatic heterocycles. The Morgan fingerprint density at radius 1 is 0.476 bits per heavy atom. The van der Waals surface area contributed by atoms with Gasteiger partial charge in [-0.05, 0) is 41.5 Å². The number of rotatable bonds is 9. The van der Waals surface area contributed by atoms with Crippen molar-refractivity contribution in [3.63, 3.8) is 0 Å². The first-order chi connectivity index (χ1) is 9.62. The van der Waals surface area contributed by atoms with E-state index in [1.165, 1.54) is 64.2 Å². The average molecular weight is 301 g/mol. The van der Waals surface area contributed by atoms with Crippen LogP contribution in [0.2, 0.25) is 0 Å². The minimum atomic E-state index is -0.0156. The average Bonchev–Trinajstić information content (AvgIpc) is 2.29. The van der Waals surface area contributed by atoms with Crippen LogP contribution >= 0.6 is 0 Å². The largest absolute Gasteiger partial charge is 0.370 e. The van der Waals surface area contributed by atoms with Crippen LogP contribution in [0.25, 0.3) is 0 Å². The molecule has 1 heteroatoms. The summed E-state index contributed by atoms with van der Waals surface area (Å²) in [4.78, 5) is 0. The van der Waals surface area contributed by atoms with Gasteiger partial charge in [-0.25, -0.2) is 0 Å². The molecule has 0 rings (SSSR count). The quantitative estimate of drug-likeness (QED) is 0.400. The Bertz CT molecular complexity index is 173. The van der Waals surface area contributed by atoms with Gasteiger partial charge < -0.3 is 4.74 Å². The minimum Gasteiger partial charge on any atom is -0.370 e. The molecule has 0 aromatic carbocycles. The van der Waals surface area contributed by atoms with Crippen molar-refractivity contribution >= 4 is 0 Å². The van der Waals surface area contributed by atoms with Crippen molar-refractivity contribution in [3.8, 4) is 0 Å². The number of hydrogen-bond donors (Lipinski definition) is 0. The summed E-state index contributed by atoms with van der Waals surface area (Å²) in [7, 11) is 0. The Morgan fingerprint density at radius 3 is 0.857 bits per heavy atom. The van der Waals surface area contributed by atoms with Crippen LogP contribution in [0.4, 0.5) is 0 Å². The highest BCUT2D eigenvalue weighted by Crippen LogP contribution is 2.18. The molecule has 0 amide bonds. The van der Waals surface area contributed by atoms with Crippen LogP contribution in [-0.2, 0) is 4.74 Å². The van der Waals surface area contributed by atoms with Gasteiger partial charge in [-0.1, -0.05) is 78.1 Å². The van der Waals surface area contributed by atoms with Gasteiger partial charge >= 0.3 is 0 Å². The highest BCUT2D eigenvalue weighted by Gasteiger charge is 2.19. The molecular weight excluding hydrogens is 256 g/mol.